The Bertz CT molecular complexity index is 591. The minimum atomic E-state index is -1.54. The summed E-state index contributed by atoms with van der Waals surface area (Å²) in [6, 6.07) is 2.87. The zero-order valence-corrected chi connectivity index (χ0v) is 9.27. The molecule has 2 aromatic heterocycles. The number of nitro groups is 1. The summed E-state index contributed by atoms with van der Waals surface area (Å²) in [6.07, 6.45) is 1.28. The molecule has 0 spiro atoms. The van der Waals surface area contributed by atoms with Gasteiger partial charge in [-0.1, -0.05) is 11.6 Å². The molecule has 0 saturated heterocycles. The molecular weight excluding hydrogens is 266 g/mol. The molecule has 0 amide bonds. The molecule has 0 atom stereocenters. The number of hydrogen-bond donors (Lipinski definition) is 1. The summed E-state index contributed by atoms with van der Waals surface area (Å²) in [4.78, 5) is 25.0. The van der Waals surface area contributed by atoms with E-state index in [1.54, 1.807) is 0 Å². The molecule has 2 aromatic rings. The van der Waals surface area contributed by atoms with Gasteiger partial charge in [0, 0.05) is 6.20 Å². The fraction of sp³-hybridized carbons (Fsp3) is 0. The highest BCUT2D eigenvalue weighted by molar-refractivity contribution is 6.30. The topological polar surface area (TPSA) is 124 Å². The lowest BCUT2D eigenvalue weighted by atomic mass is 10.4. The van der Waals surface area contributed by atoms with E-state index in [1.807, 2.05) is 0 Å². The van der Waals surface area contributed by atoms with E-state index in [0.717, 1.165) is 4.80 Å². The van der Waals surface area contributed by atoms with Gasteiger partial charge in [0.05, 0.1) is 10.1 Å². The van der Waals surface area contributed by atoms with Crippen LogP contribution in [0.4, 0.5) is 5.82 Å². The second kappa shape index (κ2) is 4.37. The van der Waals surface area contributed by atoms with E-state index in [9.17, 15) is 14.9 Å². The van der Waals surface area contributed by atoms with Crippen LogP contribution < -0.4 is 0 Å². The first-order chi connectivity index (χ1) is 8.49. The monoisotopic (exact) mass is 269 g/mol. The van der Waals surface area contributed by atoms with Crippen molar-refractivity contribution in [3.8, 4) is 5.82 Å². The second-order valence-electron chi connectivity index (χ2n) is 3.06. The van der Waals surface area contributed by atoms with Gasteiger partial charge in [-0.2, -0.15) is 0 Å². The van der Waals surface area contributed by atoms with Crippen LogP contribution in [-0.2, 0) is 0 Å². The molecule has 9 nitrogen and oxygen atoms in total. The molecule has 92 valence electrons. The van der Waals surface area contributed by atoms with Crippen LogP contribution in [0.1, 0.15) is 10.5 Å². The van der Waals surface area contributed by atoms with Crippen molar-refractivity contribution in [3.63, 3.8) is 0 Å². The standard InChI is InChI=1S/C8H4ClN5O4/c9-4-1-2-5(10-3-4)13-11-6(8(15)16)7(12-13)14(17)18/h1-3H,(H,15,16). The summed E-state index contributed by atoms with van der Waals surface area (Å²) < 4.78 is 0. The Morgan fingerprint density at radius 3 is 2.61 bits per heavy atom. The predicted molar refractivity (Wildman–Crippen MR) is 57.8 cm³/mol. The maximum absolute atomic E-state index is 10.8. The summed E-state index contributed by atoms with van der Waals surface area (Å²) in [5.74, 6) is -2.27. The third kappa shape index (κ3) is 2.11. The van der Waals surface area contributed by atoms with Crippen molar-refractivity contribution in [2.45, 2.75) is 0 Å². The Labute approximate surface area is 104 Å². The first kappa shape index (κ1) is 11.9. The Morgan fingerprint density at radius 2 is 2.17 bits per heavy atom. The quantitative estimate of drug-likeness (QED) is 0.649. The van der Waals surface area contributed by atoms with Crippen LogP contribution in [0.25, 0.3) is 5.82 Å². The largest absolute Gasteiger partial charge is 0.476 e. The van der Waals surface area contributed by atoms with Gasteiger partial charge in [0.25, 0.3) is 5.69 Å². The molecule has 10 heteroatoms. The normalized spacial score (nSPS) is 10.3. The Balaban J connectivity index is 2.53. The first-order valence-electron chi connectivity index (χ1n) is 4.46. The number of carboxylic acids is 1. The number of nitrogens with zero attached hydrogens (tertiary/aromatic N) is 5. The fourth-order valence-electron chi connectivity index (χ4n) is 1.15. The maximum Gasteiger partial charge on any atom is 0.425 e. The molecule has 18 heavy (non-hydrogen) atoms. The number of aromatic carboxylic acids is 1. The van der Waals surface area contributed by atoms with E-state index in [-0.39, 0.29) is 5.82 Å². The van der Waals surface area contributed by atoms with Gasteiger partial charge in [-0.25, -0.2) is 9.78 Å². The van der Waals surface area contributed by atoms with Gasteiger partial charge >= 0.3 is 11.8 Å². The molecule has 2 heterocycles. The van der Waals surface area contributed by atoms with Crippen molar-refractivity contribution in [2.75, 3.05) is 0 Å². The van der Waals surface area contributed by atoms with Crippen LogP contribution in [0.3, 0.4) is 0 Å². The molecule has 0 aromatic carbocycles. The van der Waals surface area contributed by atoms with Gasteiger partial charge in [-0.05, 0) is 21.9 Å². The third-order valence-corrected chi connectivity index (χ3v) is 2.11. The van der Waals surface area contributed by atoms with Crippen LogP contribution in [0.15, 0.2) is 18.3 Å². The van der Waals surface area contributed by atoms with Crippen molar-refractivity contribution >= 4 is 23.4 Å². The number of carboxylic acid groups (broad SMARTS) is 1. The SMILES string of the molecule is O=C(O)c1nn(-c2ccc(Cl)cn2)nc1[N+](=O)[O-]. The number of halogens is 1. The molecule has 1 N–H and O–H groups in total. The summed E-state index contributed by atoms with van der Waals surface area (Å²) in [7, 11) is 0. The van der Waals surface area contributed by atoms with E-state index < -0.39 is 22.4 Å². The summed E-state index contributed by atoms with van der Waals surface area (Å²) in [5.41, 5.74) is -0.753. The van der Waals surface area contributed by atoms with Crippen LogP contribution in [0.2, 0.25) is 5.02 Å². The zero-order valence-electron chi connectivity index (χ0n) is 8.52. The summed E-state index contributed by atoms with van der Waals surface area (Å²) in [5, 5.41) is 26.7. The third-order valence-electron chi connectivity index (χ3n) is 1.89. The molecule has 0 unspecified atom stereocenters. The molecular formula is C8H4ClN5O4. The highest BCUT2D eigenvalue weighted by Gasteiger charge is 2.29. The summed E-state index contributed by atoms with van der Waals surface area (Å²) in [6.45, 7) is 0. The molecule has 2 rings (SSSR count). The average molecular weight is 270 g/mol. The molecule has 0 aliphatic rings. The first-order valence-corrected chi connectivity index (χ1v) is 4.84. The lowest BCUT2D eigenvalue weighted by Crippen LogP contribution is -2.03. The van der Waals surface area contributed by atoms with Crippen LogP contribution >= 0.6 is 11.6 Å². The highest BCUT2D eigenvalue weighted by atomic mass is 35.5. The Morgan fingerprint density at radius 1 is 1.44 bits per heavy atom. The van der Waals surface area contributed by atoms with E-state index >= 15 is 0 Å². The highest BCUT2D eigenvalue weighted by Crippen LogP contribution is 2.15. The van der Waals surface area contributed by atoms with Crippen molar-refractivity contribution in [3.05, 3.63) is 39.2 Å². The molecule has 0 radical (unpaired) electrons. The van der Waals surface area contributed by atoms with E-state index in [1.165, 1.54) is 18.3 Å². The summed E-state index contributed by atoms with van der Waals surface area (Å²) >= 11 is 5.62. The minimum absolute atomic E-state index is 0.120. The average Bonchev–Trinajstić information content (AvgIpc) is 2.75. The smallest absolute Gasteiger partial charge is 0.425 e. The number of pyridine rings is 1. The molecule has 0 fully saturated rings. The Kier molecular flexibility index (Phi) is 2.90. The lowest BCUT2D eigenvalue weighted by Gasteiger charge is -1.92. The van der Waals surface area contributed by atoms with Gasteiger partial charge < -0.3 is 15.2 Å². The lowest BCUT2D eigenvalue weighted by molar-refractivity contribution is -0.390. The fourth-order valence-corrected chi connectivity index (χ4v) is 1.26. The van der Waals surface area contributed by atoms with Crippen molar-refractivity contribution < 1.29 is 14.8 Å². The van der Waals surface area contributed by atoms with Crippen LogP contribution in [0, 0.1) is 10.1 Å². The zero-order chi connectivity index (χ0) is 13.3. The minimum Gasteiger partial charge on any atom is -0.476 e. The molecule has 0 aliphatic heterocycles. The van der Waals surface area contributed by atoms with E-state index in [4.69, 9.17) is 16.7 Å². The van der Waals surface area contributed by atoms with Crippen molar-refractivity contribution in [1.29, 1.82) is 0 Å². The van der Waals surface area contributed by atoms with Gasteiger partial charge in [0.1, 0.15) is 0 Å². The number of hydrogen-bond acceptors (Lipinski definition) is 6. The second-order valence-corrected chi connectivity index (χ2v) is 3.49. The maximum atomic E-state index is 10.8. The van der Waals surface area contributed by atoms with Gasteiger partial charge in [-0.15, -0.1) is 5.10 Å². The van der Waals surface area contributed by atoms with Gasteiger partial charge in [0.15, 0.2) is 5.82 Å². The number of rotatable bonds is 3. The van der Waals surface area contributed by atoms with Gasteiger partial charge in [0.2, 0.25) is 0 Å². The van der Waals surface area contributed by atoms with Crippen LogP contribution in [0.5, 0.6) is 0 Å². The van der Waals surface area contributed by atoms with E-state index in [0.29, 0.717) is 5.02 Å². The number of aromatic nitrogens is 4. The van der Waals surface area contributed by atoms with Crippen LogP contribution in [-0.4, -0.2) is 36.0 Å². The predicted octanol–water partition coefficient (Wildman–Crippen LogP) is 0.922. The van der Waals surface area contributed by atoms with Crippen molar-refractivity contribution in [1.82, 2.24) is 20.0 Å². The molecule has 0 saturated carbocycles. The molecule has 0 aliphatic carbocycles. The van der Waals surface area contributed by atoms with E-state index in [2.05, 4.69) is 15.2 Å². The van der Waals surface area contributed by atoms with Gasteiger partial charge in [-0.3, -0.25) is 0 Å². The Hall–Kier alpha value is -2.55. The molecule has 0 bridgehead atoms. The number of carbonyl (C=O) groups is 1. The van der Waals surface area contributed by atoms with Crippen molar-refractivity contribution in [2.24, 2.45) is 0 Å².